The van der Waals surface area contributed by atoms with Gasteiger partial charge < -0.3 is 14.4 Å². The van der Waals surface area contributed by atoms with E-state index in [1.165, 1.54) is 0 Å². The molecule has 1 saturated carbocycles. The minimum atomic E-state index is -0.745. The van der Waals surface area contributed by atoms with E-state index in [4.69, 9.17) is 9.26 Å². The predicted octanol–water partition coefficient (Wildman–Crippen LogP) is 1.42. The van der Waals surface area contributed by atoms with Crippen molar-refractivity contribution in [1.29, 1.82) is 0 Å². The molecule has 0 spiro atoms. The first-order valence-corrected chi connectivity index (χ1v) is 6.31. The Balaban J connectivity index is 1.67. The lowest BCUT2D eigenvalue weighted by molar-refractivity contribution is -0.0987. The third-order valence-corrected chi connectivity index (χ3v) is 3.54. The summed E-state index contributed by atoms with van der Waals surface area (Å²) in [7, 11) is 0. The highest BCUT2D eigenvalue weighted by Crippen LogP contribution is 2.38. The normalized spacial score (nSPS) is 33.9. The van der Waals surface area contributed by atoms with Crippen molar-refractivity contribution in [1.82, 2.24) is 10.1 Å². The van der Waals surface area contributed by atoms with Crippen molar-refractivity contribution >= 4 is 0 Å². The zero-order valence-electron chi connectivity index (χ0n) is 10.1. The molecule has 5 heteroatoms. The Hall–Kier alpha value is -0.940. The van der Waals surface area contributed by atoms with Crippen molar-refractivity contribution in [3.05, 3.63) is 11.7 Å². The second-order valence-corrected chi connectivity index (χ2v) is 5.36. The van der Waals surface area contributed by atoms with Gasteiger partial charge in [0.05, 0.1) is 18.1 Å². The first kappa shape index (κ1) is 11.2. The van der Waals surface area contributed by atoms with Gasteiger partial charge in [-0.25, -0.2) is 0 Å². The lowest BCUT2D eigenvalue weighted by Gasteiger charge is -2.34. The van der Waals surface area contributed by atoms with Crippen molar-refractivity contribution in [3.63, 3.8) is 0 Å². The number of hydrogen-bond acceptors (Lipinski definition) is 5. The van der Waals surface area contributed by atoms with Crippen LogP contribution in [-0.2, 0) is 11.2 Å². The van der Waals surface area contributed by atoms with Gasteiger partial charge in [0.25, 0.3) is 0 Å². The van der Waals surface area contributed by atoms with E-state index in [0.717, 1.165) is 18.7 Å². The predicted molar refractivity (Wildman–Crippen MR) is 59.6 cm³/mol. The molecule has 1 N–H and O–H groups in total. The second kappa shape index (κ2) is 4.07. The largest absolute Gasteiger partial charge is 0.389 e. The summed E-state index contributed by atoms with van der Waals surface area (Å²) in [6.07, 6.45) is 4.13. The van der Waals surface area contributed by atoms with Crippen LogP contribution in [0.4, 0.5) is 0 Å². The van der Waals surface area contributed by atoms with E-state index in [1.54, 1.807) is 0 Å². The standard InChI is InChI=1S/C12H18N2O3/c1-8-6-12(15,4-5-16-8)7-10-13-11(14-17-10)9-2-3-9/h8-9,15H,2-7H2,1H3/t8-,12+/m1/s1. The number of nitrogens with zero attached hydrogens (tertiary/aromatic N) is 2. The maximum Gasteiger partial charge on any atom is 0.229 e. The molecule has 1 aliphatic heterocycles. The monoisotopic (exact) mass is 238 g/mol. The third-order valence-electron chi connectivity index (χ3n) is 3.54. The Bertz CT molecular complexity index is 402. The van der Waals surface area contributed by atoms with Crippen molar-refractivity contribution in [2.24, 2.45) is 0 Å². The fourth-order valence-electron chi connectivity index (χ4n) is 2.44. The van der Waals surface area contributed by atoms with Crippen molar-refractivity contribution in [2.45, 2.75) is 56.7 Å². The molecule has 1 aromatic rings. The van der Waals surface area contributed by atoms with Gasteiger partial charge in [0.2, 0.25) is 5.89 Å². The second-order valence-electron chi connectivity index (χ2n) is 5.36. The summed E-state index contributed by atoms with van der Waals surface area (Å²) < 4.78 is 10.6. The Morgan fingerprint density at radius 1 is 1.47 bits per heavy atom. The summed E-state index contributed by atoms with van der Waals surface area (Å²) in [6.45, 7) is 2.58. The Labute approximate surface area is 100 Å². The molecule has 2 heterocycles. The molecule has 1 aliphatic carbocycles. The van der Waals surface area contributed by atoms with Crippen LogP contribution in [0, 0.1) is 0 Å². The lowest BCUT2D eigenvalue weighted by atomic mass is 9.88. The molecule has 0 radical (unpaired) electrons. The van der Waals surface area contributed by atoms with Crippen LogP contribution in [0.3, 0.4) is 0 Å². The number of aliphatic hydroxyl groups is 1. The van der Waals surface area contributed by atoms with Gasteiger partial charge in [-0.15, -0.1) is 0 Å². The zero-order chi connectivity index (χ0) is 11.9. The number of ether oxygens (including phenoxy) is 1. The van der Waals surface area contributed by atoms with Crippen LogP contribution in [0.15, 0.2) is 4.52 Å². The molecule has 2 aliphatic rings. The van der Waals surface area contributed by atoms with E-state index in [9.17, 15) is 5.11 Å². The van der Waals surface area contributed by atoms with Crippen LogP contribution < -0.4 is 0 Å². The van der Waals surface area contributed by atoms with Gasteiger partial charge in [0.15, 0.2) is 5.82 Å². The van der Waals surface area contributed by atoms with Crippen LogP contribution in [0.1, 0.15) is 50.2 Å². The number of hydrogen-bond donors (Lipinski definition) is 1. The Morgan fingerprint density at radius 2 is 2.29 bits per heavy atom. The molecule has 5 nitrogen and oxygen atoms in total. The van der Waals surface area contributed by atoms with Crippen molar-refractivity contribution in [3.8, 4) is 0 Å². The fourth-order valence-corrected chi connectivity index (χ4v) is 2.44. The summed E-state index contributed by atoms with van der Waals surface area (Å²) in [5.41, 5.74) is -0.745. The molecule has 2 fully saturated rings. The van der Waals surface area contributed by atoms with E-state index < -0.39 is 5.60 Å². The molecule has 2 atom stereocenters. The number of rotatable bonds is 3. The van der Waals surface area contributed by atoms with Crippen LogP contribution >= 0.6 is 0 Å². The summed E-state index contributed by atoms with van der Waals surface area (Å²) >= 11 is 0. The fraction of sp³-hybridized carbons (Fsp3) is 0.833. The van der Waals surface area contributed by atoms with Gasteiger partial charge in [-0.1, -0.05) is 5.16 Å². The van der Waals surface area contributed by atoms with Gasteiger partial charge in [0.1, 0.15) is 0 Å². The van der Waals surface area contributed by atoms with Gasteiger partial charge in [-0.3, -0.25) is 0 Å². The molecule has 0 amide bonds. The minimum Gasteiger partial charge on any atom is -0.389 e. The maximum atomic E-state index is 10.5. The first-order chi connectivity index (χ1) is 8.15. The van der Waals surface area contributed by atoms with E-state index in [0.29, 0.717) is 37.7 Å². The number of aromatic nitrogens is 2. The van der Waals surface area contributed by atoms with Gasteiger partial charge >= 0.3 is 0 Å². The smallest absolute Gasteiger partial charge is 0.229 e. The summed E-state index contributed by atoms with van der Waals surface area (Å²) in [5, 5.41) is 14.4. The van der Waals surface area contributed by atoms with Crippen LogP contribution in [0.25, 0.3) is 0 Å². The molecule has 0 unspecified atom stereocenters. The summed E-state index contributed by atoms with van der Waals surface area (Å²) in [5.74, 6) is 1.86. The SMILES string of the molecule is C[C@@H]1C[C@](O)(Cc2nc(C3CC3)no2)CCO1. The lowest BCUT2D eigenvalue weighted by Crippen LogP contribution is -2.41. The van der Waals surface area contributed by atoms with Gasteiger partial charge in [-0.2, -0.15) is 4.98 Å². The molecule has 3 rings (SSSR count). The first-order valence-electron chi connectivity index (χ1n) is 6.31. The highest BCUT2D eigenvalue weighted by atomic mass is 16.5. The van der Waals surface area contributed by atoms with E-state index in [1.807, 2.05) is 6.92 Å². The average Bonchev–Trinajstić information content (AvgIpc) is 3.00. The molecule has 94 valence electrons. The van der Waals surface area contributed by atoms with Crippen molar-refractivity contribution in [2.75, 3.05) is 6.61 Å². The van der Waals surface area contributed by atoms with E-state index in [2.05, 4.69) is 10.1 Å². The third kappa shape index (κ3) is 2.50. The van der Waals surface area contributed by atoms with E-state index >= 15 is 0 Å². The van der Waals surface area contributed by atoms with Crippen LogP contribution in [0.5, 0.6) is 0 Å². The molecule has 1 saturated heterocycles. The highest BCUT2D eigenvalue weighted by molar-refractivity contribution is 5.04. The maximum absolute atomic E-state index is 10.5. The Kier molecular flexibility index (Phi) is 2.67. The minimum absolute atomic E-state index is 0.0968. The van der Waals surface area contributed by atoms with Gasteiger partial charge in [0, 0.05) is 25.4 Å². The zero-order valence-corrected chi connectivity index (χ0v) is 10.1. The summed E-state index contributed by atoms with van der Waals surface area (Å²) in [4.78, 5) is 4.36. The molecule has 0 aromatic carbocycles. The molecular weight excluding hydrogens is 220 g/mol. The quantitative estimate of drug-likeness (QED) is 0.862. The van der Waals surface area contributed by atoms with Crippen molar-refractivity contribution < 1.29 is 14.4 Å². The van der Waals surface area contributed by atoms with Crippen LogP contribution in [0.2, 0.25) is 0 Å². The molecule has 17 heavy (non-hydrogen) atoms. The average molecular weight is 238 g/mol. The van der Waals surface area contributed by atoms with E-state index in [-0.39, 0.29) is 6.10 Å². The Morgan fingerprint density at radius 3 is 3.00 bits per heavy atom. The van der Waals surface area contributed by atoms with Gasteiger partial charge in [-0.05, 0) is 19.8 Å². The summed E-state index contributed by atoms with van der Waals surface area (Å²) in [6, 6.07) is 0. The molecular formula is C12H18N2O3. The molecule has 1 aromatic heterocycles. The topological polar surface area (TPSA) is 68.4 Å². The molecule has 0 bridgehead atoms. The van der Waals surface area contributed by atoms with Crippen LogP contribution in [-0.4, -0.2) is 33.6 Å². The highest BCUT2D eigenvalue weighted by Gasteiger charge is 2.36.